The molecule has 0 saturated carbocycles. The molecule has 0 fully saturated rings. The SMILES string of the molecule is O=C(CCC(=O)N1CCC(c2ccccc2)=N1)NCc1cn2cc(Cl)ccc2n1. The van der Waals surface area contributed by atoms with Gasteiger partial charge in [0.15, 0.2) is 0 Å². The van der Waals surface area contributed by atoms with Gasteiger partial charge in [0.1, 0.15) is 5.65 Å². The van der Waals surface area contributed by atoms with Crippen LogP contribution in [0, 0.1) is 0 Å². The van der Waals surface area contributed by atoms with E-state index in [0.717, 1.165) is 29.0 Å². The summed E-state index contributed by atoms with van der Waals surface area (Å²) < 4.78 is 1.81. The summed E-state index contributed by atoms with van der Waals surface area (Å²) in [5.74, 6) is -0.339. The molecular formula is C21H20ClN5O2. The molecule has 7 nitrogen and oxygen atoms in total. The lowest BCUT2D eigenvalue weighted by molar-refractivity contribution is -0.133. The van der Waals surface area contributed by atoms with Crippen LogP contribution in [0.2, 0.25) is 5.02 Å². The first-order chi connectivity index (χ1) is 14.1. The molecule has 0 saturated heterocycles. The first-order valence-electron chi connectivity index (χ1n) is 9.41. The molecule has 0 atom stereocenters. The number of nitrogens with zero attached hydrogens (tertiary/aromatic N) is 4. The van der Waals surface area contributed by atoms with Gasteiger partial charge in [-0.05, 0) is 17.7 Å². The Morgan fingerprint density at radius 3 is 2.72 bits per heavy atom. The van der Waals surface area contributed by atoms with Gasteiger partial charge in [-0.15, -0.1) is 0 Å². The maximum Gasteiger partial charge on any atom is 0.243 e. The molecule has 0 bridgehead atoms. The second-order valence-corrected chi connectivity index (χ2v) is 7.24. The molecular weight excluding hydrogens is 390 g/mol. The second-order valence-electron chi connectivity index (χ2n) is 6.80. The summed E-state index contributed by atoms with van der Waals surface area (Å²) in [4.78, 5) is 28.9. The number of fused-ring (bicyclic) bond motifs is 1. The maximum atomic E-state index is 12.4. The zero-order chi connectivity index (χ0) is 20.2. The fourth-order valence-electron chi connectivity index (χ4n) is 3.20. The quantitative estimate of drug-likeness (QED) is 0.679. The third kappa shape index (κ3) is 4.63. The van der Waals surface area contributed by atoms with Crippen molar-refractivity contribution < 1.29 is 9.59 Å². The van der Waals surface area contributed by atoms with Gasteiger partial charge in [0.05, 0.1) is 29.5 Å². The smallest absolute Gasteiger partial charge is 0.243 e. The predicted octanol–water partition coefficient (Wildman–Crippen LogP) is 3.02. The lowest BCUT2D eigenvalue weighted by Gasteiger charge is -2.11. The average molecular weight is 410 g/mol. The molecule has 3 aromatic rings. The van der Waals surface area contributed by atoms with Gasteiger partial charge in [-0.25, -0.2) is 9.99 Å². The third-order valence-electron chi connectivity index (χ3n) is 4.69. The Morgan fingerprint density at radius 1 is 1.07 bits per heavy atom. The number of pyridine rings is 1. The molecule has 29 heavy (non-hydrogen) atoms. The van der Waals surface area contributed by atoms with E-state index in [2.05, 4.69) is 15.4 Å². The van der Waals surface area contributed by atoms with Gasteiger partial charge in [0, 0.05) is 31.7 Å². The molecule has 0 aliphatic carbocycles. The summed E-state index contributed by atoms with van der Waals surface area (Å²) >= 11 is 5.96. The molecule has 3 heterocycles. The van der Waals surface area contributed by atoms with E-state index in [1.54, 1.807) is 12.3 Å². The van der Waals surface area contributed by atoms with Gasteiger partial charge in [-0.1, -0.05) is 41.9 Å². The molecule has 1 aliphatic heterocycles. The first kappa shape index (κ1) is 19.1. The first-order valence-corrected chi connectivity index (χ1v) is 9.79. The largest absolute Gasteiger partial charge is 0.350 e. The summed E-state index contributed by atoms with van der Waals surface area (Å²) in [5.41, 5.74) is 3.41. The second kappa shape index (κ2) is 8.45. The highest BCUT2D eigenvalue weighted by atomic mass is 35.5. The summed E-state index contributed by atoms with van der Waals surface area (Å²) in [5, 5.41) is 9.28. The van der Waals surface area contributed by atoms with Crippen LogP contribution in [-0.2, 0) is 16.1 Å². The fraction of sp³-hybridized carbons (Fsp3) is 0.238. The van der Waals surface area contributed by atoms with Crippen LogP contribution in [0.1, 0.15) is 30.5 Å². The van der Waals surface area contributed by atoms with Crippen LogP contribution in [0.3, 0.4) is 0 Å². The molecule has 1 aromatic carbocycles. The van der Waals surface area contributed by atoms with E-state index < -0.39 is 0 Å². The number of nitrogens with one attached hydrogen (secondary N) is 1. The fourth-order valence-corrected chi connectivity index (χ4v) is 3.37. The molecule has 2 aromatic heterocycles. The number of benzene rings is 1. The Morgan fingerprint density at radius 2 is 1.90 bits per heavy atom. The molecule has 0 unspecified atom stereocenters. The molecule has 4 rings (SSSR count). The van der Waals surface area contributed by atoms with Crippen molar-refractivity contribution in [2.75, 3.05) is 6.54 Å². The van der Waals surface area contributed by atoms with Crippen molar-refractivity contribution in [1.82, 2.24) is 19.7 Å². The Hall–Kier alpha value is -3.19. The Labute approximate surface area is 173 Å². The summed E-state index contributed by atoms with van der Waals surface area (Å²) in [6.45, 7) is 0.848. The molecule has 2 amide bonds. The van der Waals surface area contributed by atoms with Gasteiger partial charge < -0.3 is 9.72 Å². The zero-order valence-electron chi connectivity index (χ0n) is 15.7. The number of hydrogen-bond donors (Lipinski definition) is 1. The van der Waals surface area contributed by atoms with Crippen LogP contribution in [0.25, 0.3) is 5.65 Å². The highest BCUT2D eigenvalue weighted by molar-refractivity contribution is 6.30. The predicted molar refractivity (Wildman–Crippen MR) is 111 cm³/mol. The normalized spacial score (nSPS) is 13.6. The maximum absolute atomic E-state index is 12.4. The van der Waals surface area contributed by atoms with E-state index >= 15 is 0 Å². The summed E-state index contributed by atoms with van der Waals surface area (Å²) in [7, 11) is 0. The highest BCUT2D eigenvalue weighted by Gasteiger charge is 2.21. The van der Waals surface area contributed by atoms with Crippen molar-refractivity contribution in [3.8, 4) is 0 Å². The lowest BCUT2D eigenvalue weighted by Crippen LogP contribution is -2.27. The van der Waals surface area contributed by atoms with Crippen molar-refractivity contribution in [3.63, 3.8) is 0 Å². The lowest BCUT2D eigenvalue weighted by atomic mass is 10.1. The van der Waals surface area contributed by atoms with Crippen LogP contribution in [-0.4, -0.2) is 38.5 Å². The molecule has 1 N–H and O–H groups in total. The molecule has 148 valence electrons. The minimum absolute atomic E-state index is 0.116. The van der Waals surface area contributed by atoms with Gasteiger partial charge in [-0.2, -0.15) is 5.10 Å². The van der Waals surface area contributed by atoms with Crippen LogP contribution in [0.15, 0.2) is 60.0 Å². The van der Waals surface area contributed by atoms with Gasteiger partial charge >= 0.3 is 0 Å². The number of hydrogen-bond acceptors (Lipinski definition) is 4. The van der Waals surface area contributed by atoms with E-state index in [1.807, 2.05) is 47.0 Å². The van der Waals surface area contributed by atoms with Crippen molar-refractivity contribution in [3.05, 3.63) is 71.1 Å². The minimum atomic E-state index is -0.195. The molecule has 1 aliphatic rings. The monoisotopic (exact) mass is 409 g/mol. The van der Waals surface area contributed by atoms with Crippen LogP contribution in [0.4, 0.5) is 0 Å². The Bertz CT molecular complexity index is 1080. The standard InChI is InChI=1S/C21H20ClN5O2/c22-16-6-7-19-24-17(14-26(19)13-16)12-23-20(28)8-9-21(29)27-11-10-18(25-27)15-4-2-1-3-5-15/h1-7,13-14H,8-12H2,(H,23,28). The van der Waals surface area contributed by atoms with Crippen molar-refractivity contribution in [2.24, 2.45) is 5.10 Å². The number of halogens is 1. The van der Waals surface area contributed by atoms with Crippen molar-refractivity contribution in [1.29, 1.82) is 0 Å². The number of rotatable bonds is 6. The summed E-state index contributed by atoms with van der Waals surface area (Å²) in [6, 6.07) is 13.4. The number of aromatic nitrogens is 2. The molecule has 8 heteroatoms. The average Bonchev–Trinajstić information content (AvgIpc) is 3.38. The zero-order valence-corrected chi connectivity index (χ0v) is 16.5. The van der Waals surface area contributed by atoms with Crippen molar-refractivity contribution >= 4 is 34.8 Å². The number of carbonyl (C=O) groups excluding carboxylic acids is 2. The molecule has 0 spiro atoms. The van der Waals surface area contributed by atoms with Gasteiger partial charge in [-0.3, -0.25) is 9.59 Å². The Kier molecular flexibility index (Phi) is 5.57. The number of amides is 2. The van der Waals surface area contributed by atoms with E-state index in [4.69, 9.17) is 11.6 Å². The van der Waals surface area contributed by atoms with Gasteiger partial charge in [0.25, 0.3) is 0 Å². The van der Waals surface area contributed by atoms with E-state index in [1.165, 1.54) is 5.01 Å². The van der Waals surface area contributed by atoms with Crippen LogP contribution >= 0.6 is 11.6 Å². The van der Waals surface area contributed by atoms with E-state index in [0.29, 0.717) is 18.1 Å². The highest BCUT2D eigenvalue weighted by Crippen LogP contribution is 2.15. The van der Waals surface area contributed by atoms with E-state index in [9.17, 15) is 9.59 Å². The minimum Gasteiger partial charge on any atom is -0.350 e. The van der Waals surface area contributed by atoms with Crippen molar-refractivity contribution in [2.45, 2.75) is 25.8 Å². The third-order valence-corrected chi connectivity index (χ3v) is 4.92. The van der Waals surface area contributed by atoms with E-state index in [-0.39, 0.29) is 24.7 Å². The number of imidazole rings is 1. The Balaban J connectivity index is 1.26. The van der Waals surface area contributed by atoms with Crippen LogP contribution in [0.5, 0.6) is 0 Å². The topological polar surface area (TPSA) is 79.1 Å². The number of carbonyl (C=O) groups is 2. The molecule has 0 radical (unpaired) electrons. The van der Waals surface area contributed by atoms with Gasteiger partial charge in [0.2, 0.25) is 11.8 Å². The number of hydrazone groups is 1. The summed E-state index contributed by atoms with van der Waals surface area (Å²) in [6.07, 6.45) is 4.54. The van der Waals surface area contributed by atoms with Crippen LogP contribution < -0.4 is 5.32 Å².